The molecule has 148 valence electrons. The Hall–Kier alpha value is -3.16. The molecule has 0 saturated carbocycles. The van der Waals surface area contributed by atoms with Crippen LogP contribution in [0.25, 0.3) is 6.08 Å². The number of anilines is 1. The zero-order chi connectivity index (χ0) is 21.1. The van der Waals surface area contributed by atoms with E-state index in [9.17, 15) is 18.8 Å². The van der Waals surface area contributed by atoms with Crippen LogP contribution in [-0.4, -0.2) is 24.5 Å². The number of amides is 4. The summed E-state index contributed by atoms with van der Waals surface area (Å²) in [6.45, 7) is 3.72. The first kappa shape index (κ1) is 20.6. The second-order valence-corrected chi connectivity index (χ2v) is 6.67. The lowest BCUT2D eigenvalue weighted by Gasteiger charge is -2.26. The summed E-state index contributed by atoms with van der Waals surface area (Å²) in [5, 5.41) is 2.37. The summed E-state index contributed by atoms with van der Waals surface area (Å²) in [6.07, 6.45) is 2.75. The smallest absolute Gasteiger partial charge is 0.335 e. The summed E-state index contributed by atoms with van der Waals surface area (Å²) in [4.78, 5) is 37.8. The van der Waals surface area contributed by atoms with Crippen molar-refractivity contribution in [2.45, 2.75) is 0 Å². The third kappa shape index (κ3) is 4.31. The summed E-state index contributed by atoms with van der Waals surface area (Å²) >= 11 is 12.3. The number of nitrogens with one attached hydrogen (secondary N) is 1. The van der Waals surface area contributed by atoms with Crippen LogP contribution in [0, 0.1) is 5.82 Å². The average molecular weight is 435 g/mol. The van der Waals surface area contributed by atoms with Crippen molar-refractivity contribution in [1.29, 1.82) is 0 Å². The standard InChI is InChI=1S/C20H13Cl2FN2O4/c1-2-6-29-17-15(21)8-11(9-16(17)22)7-14-18(26)24-20(28)25(19(14)27)13-5-3-4-12(23)10-13/h2-5,7-10H,1,6H2,(H,24,26,28)/b14-7+. The van der Waals surface area contributed by atoms with Gasteiger partial charge in [0.05, 0.1) is 15.7 Å². The van der Waals surface area contributed by atoms with Crippen LogP contribution in [-0.2, 0) is 9.59 Å². The predicted octanol–water partition coefficient (Wildman–Crippen LogP) is 4.36. The van der Waals surface area contributed by atoms with Crippen LogP contribution in [0.15, 0.2) is 54.6 Å². The Kier molecular flexibility index (Phi) is 6.00. The van der Waals surface area contributed by atoms with Crippen LogP contribution in [0.1, 0.15) is 5.56 Å². The predicted molar refractivity (Wildman–Crippen MR) is 108 cm³/mol. The van der Waals surface area contributed by atoms with Crippen molar-refractivity contribution in [3.05, 3.63) is 76.1 Å². The Labute approximate surface area is 175 Å². The van der Waals surface area contributed by atoms with Gasteiger partial charge < -0.3 is 4.74 Å². The van der Waals surface area contributed by atoms with Gasteiger partial charge in [-0.2, -0.15) is 0 Å². The van der Waals surface area contributed by atoms with E-state index in [2.05, 4.69) is 11.9 Å². The molecular weight excluding hydrogens is 422 g/mol. The van der Waals surface area contributed by atoms with Gasteiger partial charge in [-0.1, -0.05) is 41.9 Å². The third-order valence-electron chi connectivity index (χ3n) is 3.85. The fourth-order valence-corrected chi connectivity index (χ4v) is 3.23. The van der Waals surface area contributed by atoms with E-state index in [1.807, 2.05) is 0 Å². The van der Waals surface area contributed by atoms with Crippen LogP contribution in [0.3, 0.4) is 0 Å². The first-order valence-electron chi connectivity index (χ1n) is 8.21. The van der Waals surface area contributed by atoms with Crippen molar-refractivity contribution >= 4 is 52.8 Å². The van der Waals surface area contributed by atoms with E-state index in [1.54, 1.807) is 0 Å². The molecule has 0 aromatic heterocycles. The molecule has 4 amide bonds. The molecule has 0 radical (unpaired) electrons. The number of barbiturate groups is 1. The van der Waals surface area contributed by atoms with E-state index in [0.717, 1.165) is 12.1 Å². The fourth-order valence-electron chi connectivity index (χ4n) is 2.62. The zero-order valence-corrected chi connectivity index (χ0v) is 16.3. The van der Waals surface area contributed by atoms with Crippen molar-refractivity contribution in [2.24, 2.45) is 0 Å². The number of imide groups is 2. The maximum absolute atomic E-state index is 13.5. The highest BCUT2D eigenvalue weighted by Gasteiger charge is 2.37. The van der Waals surface area contributed by atoms with E-state index >= 15 is 0 Å². The summed E-state index contributed by atoms with van der Waals surface area (Å²) in [6, 6.07) is 6.79. The van der Waals surface area contributed by atoms with Crippen LogP contribution in [0.5, 0.6) is 5.75 Å². The van der Waals surface area contributed by atoms with E-state index in [4.69, 9.17) is 27.9 Å². The summed E-state index contributed by atoms with van der Waals surface area (Å²) < 4.78 is 18.9. The lowest BCUT2D eigenvalue weighted by atomic mass is 10.1. The number of hydrogen-bond donors (Lipinski definition) is 1. The quantitative estimate of drug-likeness (QED) is 0.430. The number of rotatable bonds is 5. The largest absolute Gasteiger partial charge is 0.486 e. The van der Waals surface area contributed by atoms with E-state index in [1.165, 1.54) is 36.4 Å². The lowest BCUT2D eigenvalue weighted by Crippen LogP contribution is -2.54. The number of hydrogen-bond acceptors (Lipinski definition) is 4. The Morgan fingerprint density at radius 1 is 1.14 bits per heavy atom. The molecule has 1 heterocycles. The van der Waals surface area contributed by atoms with E-state index in [-0.39, 0.29) is 33.7 Å². The van der Waals surface area contributed by atoms with E-state index < -0.39 is 23.7 Å². The fraction of sp³-hybridized carbons (Fsp3) is 0.0500. The molecule has 1 fully saturated rings. The molecule has 1 aliphatic rings. The number of ether oxygens (including phenoxy) is 1. The molecule has 2 aromatic rings. The van der Waals surface area contributed by atoms with Gasteiger partial charge in [0, 0.05) is 0 Å². The van der Waals surface area contributed by atoms with Gasteiger partial charge >= 0.3 is 6.03 Å². The number of nitrogens with zero attached hydrogens (tertiary/aromatic N) is 1. The van der Waals surface area contributed by atoms with Gasteiger partial charge in [-0.15, -0.1) is 0 Å². The second kappa shape index (κ2) is 8.46. The van der Waals surface area contributed by atoms with Crippen LogP contribution in [0.2, 0.25) is 10.0 Å². The summed E-state index contributed by atoms with van der Waals surface area (Å²) in [7, 11) is 0. The number of carbonyl (C=O) groups excluding carboxylic acids is 3. The molecule has 1 saturated heterocycles. The average Bonchev–Trinajstić information content (AvgIpc) is 2.64. The van der Waals surface area contributed by atoms with Gasteiger partial charge in [0.25, 0.3) is 11.8 Å². The zero-order valence-electron chi connectivity index (χ0n) is 14.7. The van der Waals surface area contributed by atoms with E-state index in [0.29, 0.717) is 10.5 Å². The van der Waals surface area contributed by atoms with Crippen molar-refractivity contribution < 1.29 is 23.5 Å². The highest BCUT2D eigenvalue weighted by Crippen LogP contribution is 2.35. The minimum absolute atomic E-state index is 0.0184. The molecule has 9 heteroatoms. The maximum atomic E-state index is 13.5. The number of benzene rings is 2. The van der Waals surface area contributed by atoms with Crippen molar-refractivity contribution in [3.63, 3.8) is 0 Å². The van der Waals surface area contributed by atoms with Crippen molar-refractivity contribution in [2.75, 3.05) is 11.5 Å². The van der Waals surface area contributed by atoms with Crippen LogP contribution in [0.4, 0.5) is 14.9 Å². The Morgan fingerprint density at radius 2 is 1.83 bits per heavy atom. The minimum atomic E-state index is -0.980. The van der Waals surface area contributed by atoms with Gasteiger partial charge in [-0.05, 0) is 42.0 Å². The van der Waals surface area contributed by atoms with Gasteiger partial charge in [-0.25, -0.2) is 14.1 Å². The molecular formula is C20H13Cl2FN2O4. The highest BCUT2D eigenvalue weighted by atomic mass is 35.5. The van der Waals surface area contributed by atoms with Crippen molar-refractivity contribution in [3.8, 4) is 5.75 Å². The monoisotopic (exact) mass is 434 g/mol. The van der Waals surface area contributed by atoms with Gasteiger partial charge in [0.15, 0.2) is 5.75 Å². The van der Waals surface area contributed by atoms with Crippen LogP contribution >= 0.6 is 23.2 Å². The first-order valence-corrected chi connectivity index (χ1v) is 8.97. The molecule has 0 unspecified atom stereocenters. The van der Waals surface area contributed by atoms with Gasteiger partial charge in [-0.3, -0.25) is 14.9 Å². The molecule has 1 aliphatic heterocycles. The SMILES string of the molecule is C=CCOc1c(Cl)cc(/C=C2\C(=O)NC(=O)N(c3cccc(F)c3)C2=O)cc1Cl. The Morgan fingerprint density at radius 3 is 2.45 bits per heavy atom. The highest BCUT2D eigenvalue weighted by molar-refractivity contribution is 6.40. The minimum Gasteiger partial charge on any atom is -0.486 e. The summed E-state index contributed by atoms with van der Waals surface area (Å²) in [5.41, 5.74) is -0.0334. The van der Waals surface area contributed by atoms with Crippen LogP contribution < -0.4 is 15.0 Å². The normalized spacial score (nSPS) is 15.5. The molecule has 0 spiro atoms. The molecule has 6 nitrogen and oxygen atoms in total. The van der Waals surface area contributed by atoms with Crippen molar-refractivity contribution in [1.82, 2.24) is 5.32 Å². The Bertz CT molecular complexity index is 1050. The number of carbonyl (C=O) groups is 3. The van der Waals surface area contributed by atoms with Gasteiger partial charge in [0.1, 0.15) is 18.0 Å². The second-order valence-electron chi connectivity index (χ2n) is 5.85. The summed E-state index contributed by atoms with van der Waals surface area (Å²) in [5.74, 6) is -2.22. The molecule has 0 aliphatic carbocycles. The lowest BCUT2D eigenvalue weighted by molar-refractivity contribution is -0.122. The topological polar surface area (TPSA) is 75.7 Å². The molecule has 1 N–H and O–H groups in total. The number of urea groups is 1. The molecule has 29 heavy (non-hydrogen) atoms. The molecule has 2 aromatic carbocycles. The number of halogens is 3. The Balaban J connectivity index is 1.99. The molecule has 3 rings (SSSR count). The van der Waals surface area contributed by atoms with Gasteiger partial charge in [0.2, 0.25) is 0 Å². The maximum Gasteiger partial charge on any atom is 0.335 e. The first-order chi connectivity index (χ1) is 13.8. The molecule has 0 bridgehead atoms. The molecule has 0 atom stereocenters. The third-order valence-corrected chi connectivity index (χ3v) is 4.41.